The highest BCUT2D eigenvalue weighted by molar-refractivity contribution is 7.97. The molecule has 142 valence electrons. The molecule has 5 N–H and O–H groups in total. The van der Waals surface area contributed by atoms with Crippen molar-refractivity contribution in [1.29, 1.82) is 0 Å². The molecule has 0 unspecified atom stereocenters. The standard InChI is InChI=1S/C18H18F2N4O2S/c1-10(17(25)24-18(21)22)7-11-8-14(19)16(15(20)9-11)26-12-3-5-13(6-4-12)27-23-2/h3-9,23H,1-2H3,(H4,21,22,24,25)/b10-7+. The lowest BCUT2D eigenvalue weighted by atomic mass is 10.1. The number of halogens is 2. The van der Waals surface area contributed by atoms with Crippen molar-refractivity contribution in [3.63, 3.8) is 0 Å². The molecule has 2 rings (SSSR count). The predicted octanol–water partition coefficient (Wildman–Crippen LogP) is 3.19. The average Bonchev–Trinajstić information content (AvgIpc) is 2.59. The van der Waals surface area contributed by atoms with Crippen molar-refractivity contribution < 1.29 is 18.3 Å². The van der Waals surface area contributed by atoms with Gasteiger partial charge in [-0.1, -0.05) is 0 Å². The van der Waals surface area contributed by atoms with E-state index in [1.54, 1.807) is 31.3 Å². The zero-order valence-corrected chi connectivity index (χ0v) is 15.4. The maximum absolute atomic E-state index is 14.3. The fourth-order valence-electron chi connectivity index (χ4n) is 2.09. The van der Waals surface area contributed by atoms with Gasteiger partial charge in [0.15, 0.2) is 23.3 Å². The molecule has 0 heterocycles. The third-order valence-corrected chi connectivity index (χ3v) is 3.95. The van der Waals surface area contributed by atoms with Gasteiger partial charge in [0, 0.05) is 10.5 Å². The van der Waals surface area contributed by atoms with E-state index in [9.17, 15) is 13.6 Å². The second kappa shape index (κ2) is 9.15. The van der Waals surface area contributed by atoms with Crippen LogP contribution < -0.4 is 20.9 Å². The summed E-state index contributed by atoms with van der Waals surface area (Å²) < 4.78 is 36.8. The number of amides is 1. The number of nitrogens with one attached hydrogen (secondary N) is 1. The topological polar surface area (TPSA) is 103 Å². The van der Waals surface area contributed by atoms with Gasteiger partial charge in [-0.25, -0.2) is 8.78 Å². The molecule has 0 saturated carbocycles. The Balaban J connectivity index is 2.23. The number of ether oxygens (including phenoxy) is 1. The Labute approximate surface area is 159 Å². The molecule has 0 bridgehead atoms. The van der Waals surface area contributed by atoms with E-state index < -0.39 is 29.3 Å². The molecule has 0 aliphatic heterocycles. The average molecular weight is 392 g/mol. The van der Waals surface area contributed by atoms with Gasteiger partial charge in [0.25, 0.3) is 5.91 Å². The summed E-state index contributed by atoms with van der Waals surface area (Å²) in [5.41, 5.74) is 10.5. The number of carbonyl (C=O) groups excluding carboxylic acids is 1. The molecule has 0 aliphatic rings. The molecule has 0 fully saturated rings. The minimum atomic E-state index is -0.906. The smallest absolute Gasteiger partial charge is 0.275 e. The van der Waals surface area contributed by atoms with Crippen LogP contribution in [0.1, 0.15) is 12.5 Å². The van der Waals surface area contributed by atoms with Crippen molar-refractivity contribution in [3.8, 4) is 11.5 Å². The van der Waals surface area contributed by atoms with Crippen LogP contribution >= 0.6 is 11.9 Å². The van der Waals surface area contributed by atoms with Crippen LogP contribution in [0.5, 0.6) is 11.5 Å². The number of nitrogens with zero attached hydrogens (tertiary/aromatic N) is 1. The molecule has 0 aromatic heterocycles. The van der Waals surface area contributed by atoms with Crippen molar-refractivity contribution in [2.45, 2.75) is 11.8 Å². The van der Waals surface area contributed by atoms with Crippen molar-refractivity contribution in [3.05, 3.63) is 59.2 Å². The highest BCUT2D eigenvalue weighted by Crippen LogP contribution is 2.30. The van der Waals surface area contributed by atoms with E-state index in [1.165, 1.54) is 24.9 Å². The molecule has 2 aromatic carbocycles. The quantitative estimate of drug-likeness (QED) is 0.302. The van der Waals surface area contributed by atoms with Gasteiger partial charge < -0.3 is 16.2 Å². The summed E-state index contributed by atoms with van der Waals surface area (Å²) in [6.45, 7) is 1.43. The minimum absolute atomic E-state index is 0.119. The Morgan fingerprint density at radius 2 is 1.78 bits per heavy atom. The normalized spacial score (nSPS) is 11.2. The Bertz CT molecular complexity index is 872. The molecule has 0 aliphatic carbocycles. The summed E-state index contributed by atoms with van der Waals surface area (Å²) in [5.74, 6) is -3.15. The van der Waals surface area contributed by atoms with E-state index >= 15 is 0 Å². The van der Waals surface area contributed by atoms with E-state index in [1.807, 2.05) is 0 Å². The summed E-state index contributed by atoms with van der Waals surface area (Å²) in [6.07, 6.45) is 1.27. The largest absolute Gasteiger partial charge is 0.451 e. The van der Waals surface area contributed by atoms with Crippen LogP contribution in [0, 0.1) is 11.6 Å². The first-order valence-corrected chi connectivity index (χ1v) is 8.54. The van der Waals surface area contributed by atoms with E-state index in [2.05, 4.69) is 9.71 Å². The first-order valence-electron chi connectivity index (χ1n) is 7.73. The Kier molecular flexibility index (Phi) is 6.91. The Hall–Kier alpha value is -2.91. The van der Waals surface area contributed by atoms with Crippen LogP contribution in [0.2, 0.25) is 0 Å². The van der Waals surface area contributed by atoms with Gasteiger partial charge >= 0.3 is 0 Å². The summed E-state index contributed by atoms with van der Waals surface area (Å²) >= 11 is 1.40. The molecule has 0 atom stereocenters. The Morgan fingerprint density at radius 3 is 2.30 bits per heavy atom. The van der Waals surface area contributed by atoms with Crippen LogP contribution in [0.15, 0.2) is 51.9 Å². The van der Waals surface area contributed by atoms with Crippen LogP contribution in [0.3, 0.4) is 0 Å². The van der Waals surface area contributed by atoms with Crippen molar-refractivity contribution in [2.24, 2.45) is 16.5 Å². The van der Waals surface area contributed by atoms with Crippen molar-refractivity contribution >= 4 is 29.9 Å². The van der Waals surface area contributed by atoms with Crippen LogP contribution in [0.25, 0.3) is 6.08 Å². The zero-order chi connectivity index (χ0) is 20.0. The lowest BCUT2D eigenvalue weighted by Crippen LogP contribution is -2.24. The molecule has 6 nitrogen and oxygen atoms in total. The van der Waals surface area contributed by atoms with Gasteiger partial charge in [0.1, 0.15) is 5.75 Å². The number of hydrogen-bond donors (Lipinski definition) is 3. The third kappa shape index (κ3) is 5.80. The summed E-state index contributed by atoms with van der Waals surface area (Å²) in [5, 5.41) is 0. The number of nitrogens with two attached hydrogens (primary N) is 2. The first kappa shape index (κ1) is 20.4. The summed E-state index contributed by atoms with van der Waals surface area (Å²) in [6, 6.07) is 8.81. The van der Waals surface area contributed by atoms with Crippen LogP contribution in [0.4, 0.5) is 8.78 Å². The van der Waals surface area contributed by atoms with E-state index in [0.29, 0.717) is 0 Å². The predicted molar refractivity (Wildman–Crippen MR) is 102 cm³/mol. The highest BCUT2D eigenvalue weighted by atomic mass is 32.2. The molecule has 0 saturated heterocycles. The molecule has 2 aromatic rings. The van der Waals surface area contributed by atoms with Gasteiger partial charge in [-0.2, -0.15) is 4.99 Å². The van der Waals surface area contributed by atoms with Gasteiger partial charge in [-0.15, -0.1) is 0 Å². The molecule has 0 spiro atoms. The van der Waals surface area contributed by atoms with Gasteiger partial charge in [-0.05, 0) is 74.0 Å². The second-order valence-corrected chi connectivity index (χ2v) is 6.45. The maximum atomic E-state index is 14.3. The molecule has 1 amide bonds. The van der Waals surface area contributed by atoms with E-state index in [0.717, 1.165) is 17.0 Å². The fourth-order valence-corrected chi connectivity index (χ4v) is 2.60. The van der Waals surface area contributed by atoms with Gasteiger partial charge in [0.2, 0.25) is 0 Å². The van der Waals surface area contributed by atoms with E-state index in [-0.39, 0.29) is 16.9 Å². The Morgan fingerprint density at radius 1 is 1.19 bits per heavy atom. The second-order valence-electron chi connectivity index (χ2n) is 5.36. The summed E-state index contributed by atoms with van der Waals surface area (Å²) in [7, 11) is 1.78. The number of guanidine groups is 1. The number of hydrogen-bond acceptors (Lipinski definition) is 4. The fraction of sp³-hybridized carbons (Fsp3) is 0.111. The monoisotopic (exact) mass is 392 g/mol. The molecular weight excluding hydrogens is 374 g/mol. The van der Waals surface area contributed by atoms with Crippen molar-refractivity contribution in [1.82, 2.24) is 4.72 Å². The minimum Gasteiger partial charge on any atom is -0.451 e. The lowest BCUT2D eigenvalue weighted by molar-refractivity contribution is -0.114. The molecular formula is C18H18F2N4O2S. The molecule has 0 radical (unpaired) electrons. The molecule has 9 heteroatoms. The van der Waals surface area contributed by atoms with Gasteiger partial charge in [0.05, 0.1) is 0 Å². The molecule has 27 heavy (non-hydrogen) atoms. The van der Waals surface area contributed by atoms with Crippen LogP contribution in [-0.4, -0.2) is 18.9 Å². The maximum Gasteiger partial charge on any atom is 0.275 e. The third-order valence-electron chi connectivity index (χ3n) is 3.24. The van der Waals surface area contributed by atoms with Crippen molar-refractivity contribution in [2.75, 3.05) is 7.05 Å². The zero-order valence-electron chi connectivity index (χ0n) is 14.6. The van der Waals surface area contributed by atoms with Crippen LogP contribution in [-0.2, 0) is 4.79 Å². The van der Waals surface area contributed by atoms with Gasteiger partial charge in [-0.3, -0.25) is 9.52 Å². The number of aliphatic imine (C=N–C) groups is 1. The highest BCUT2D eigenvalue weighted by Gasteiger charge is 2.14. The summed E-state index contributed by atoms with van der Waals surface area (Å²) in [4.78, 5) is 16.0. The first-order chi connectivity index (χ1) is 12.8. The lowest BCUT2D eigenvalue weighted by Gasteiger charge is -2.09. The number of benzene rings is 2. The SMILES string of the molecule is CNSc1ccc(Oc2c(F)cc(/C=C(\C)C(=O)N=C(N)N)cc2F)cc1. The number of rotatable bonds is 6. The van der Waals surface area contributed by atoms with E-state index in [4.69, 9.17) is 16.2 Å². The number of carbonyl (C=O) groups is 1.